The zero-order valence-electron chi connectivity index (χ0n) is 14.6. The van der Waals surface area contributed by atoms with Gasteiger partial charge in [0.25, 0.3) is 0 Å². The molecule has 1 unspecified atom stereocenters. The number of carbonyl (C=O) groups is 1. The average Bonchev–Trinajstić information content (AvgIpc) is 3.33. The number of rotatable bonds is 3. The molecule has 2 saturated heterocycles. The minimum Gasteiger partial charge on any atom is -0.381 e. The van der Waals surface area contributed by atoms with Gasteiger partial charge in [-0.2, -0.15) is 0 Å². The van der Waals surface area contributed by atoms with Gasteiger partial charge in [0.1, 0.15) is 0 Å². The molecule has 0 aromatic heterocycles. The summed E-state index contributed by atoms with van der Waals surface area (Å²) >= 11 is 0. The number of benzene rings is 1. The highest BCUT2D eigenvalue weighted by molar-refractivity contribution is 5.92. The monoisotopic (exact) mass is 328 g/mol. The molecule has 3 aliphatic rings. The molecule has 24 heavy (non-hydrogen) atoms. The van der Waals surface area contributed by atoms with Crippen LogP contribution in [0.3, 0.4) is 0 Å². The molecule has 1 aromatic carbocycles. The number of amides is 1. The molecule has 1 aliphatic carbocycles. The molecule has 4 rings (SSSR count). The third-order valence-electron chi connectivity index (χ3n) is 6.69. The standard InChI is InChI=1S/C20H28N2O2/c1-15-4-2-3-5-17(15)20(6-7-20)18(23)22-13-16(12-21)19(14-22)8-10-24-11-9-19/h2-5,16H,6-14,21H2,1H3. The minimum atomic E-state index is -0.263. The second-order valence-corrected chi connectivity index (χ2v) is 7.99. The van der Waals surface area contributed by atoms with Crippen LogP contribution in [-0.2, 0) is 14.9 Å². The normalized spacial score (nSPS) is 27.4. The Morgan fingerprint density at radius 3 is 2.58 bits per heavy atom. The van der Waals surface area contributed by atoms with E-state index in [9.17, 15) is 4.79 Å². The van der Waals surface area contributed by atoms with E-state index in [0.717, 1.165) is 52.0 Å². The van der Waals surface area contributed by atoms with Crippen LogP contribution in [0.4, 0.5) is 0 Å². The van der Waals surface area contributed by atoms with Crippen LogP contribution in [0.1, 0.15) is 36.8 Å². The number of carbonyl (C=O) groups excluding carboxylic acids is 1. The number of hydrogen-bond donors (Lipinski definition) is 1. The van der Waals surface area contributed by atoms with Crippen molar-refractivity contribution in [1.29, 1.82) is 0 Å². The molecule has 1 amide bonds. The smallest absolute Gasteiger partial charge is 0.233 e. The SMILES string of the molecule is Cc1ccccc1C1(C(=O)N2CC(CN)C3(CCOCC3)C2)CC1. The minimum absolute atomic E-state index is 0.185. The highest BCUT2D eigenvalue weighted by Crippen LogP contribution is 2.53. The summed E-state index contributed by atoms with van der Waals surface area (Å²) < 4.78 is 5.57. The third-order valence-corrected chi connectivity index (χ3v) is 6.69. The van der Waals surface area contributed by atoms with Gasteiger partial charge in [0.2, 0.25) is 5.91 Å². The Labute approximate surface area is 144 Å². The molecular formula is C20H28N2O2. The van der Waals surface area contributed by atoms with Crippen LogP contribution in [0.25, 0.3) is 0 Å². The van der Waals surface area contributed by atoms with Gasteiger partial charge in [0, 0.05) is 26.3 Å². The highest BCUT2D eigenvalue weighted by Gasteiger charge is 2.57. The van der Waals surface area contributed by atoms with Crippen LogP contribution in [0.5, 0.6) is 0 Å². The van der Waals surface area contributed by atoms with E-state index < -0.39 is 0 Å². The van der Waals surface area contributed by atoms with Gasteiger partial charge in [0.15, 0.2) is 0 Å². The van der Waals surface area contributed by atoms with Crippen LogP contribution >= 0.6 is 0 Å². The quantitative estimate of drug-likeness (QED) is 0.926. The Balaban J connectivity index is 1.58. The fourth-order valence-corrected chi connectivity index (χ4v) is 4.99. The van der Waals surface area contributed by atoms with E-state index in [0.29, 0.717) is 18.4 Å². The van der Waals surface area contributed by atoms with Crippen molar-refractivity contribution in [2.75, 3.05) is 32.8 Å². The van der Waals surface area contributed by atoms with Crippen molar-refractivity contribution >= 4 is 5.91 Å². The topological polar surface area (TPSA) is 55.6 Å². The van der Waals surface area contributed by atoms with Crippen molar-refractivity contribution in [2.45, 2.75) is 38.0 Å². The molecule has 1 spiro atoms. The molecule has 1 saturated carbocycles. The summed E-state index contributed by atoms with van der Waals surface area (Å²) in [6, 6.07) is 8.37. The summed E-state index contributed by atoms with van der Waals surface area (Å²) in [5, 5.41) is 0. The number of nitrogens with two attached hydrogens (primary N) is 1. The first-order valence-electron chi connectivity index (χ1n) is 9.25. The zero-order chi connectivity index (χ0) is 16.8. The van der Waals surface area contributed by atoms with Gasteiger partial charge in [0.05, 0.1) is 5.41 Å². The van der Waals surface area contributed by atoms with E-state index in [2.05, 4.69) is 36.1 Å². The first-order valence-corrected chi connectivity index (χ1v) is 9.25. The van der Waals surface area contributed by atoms with Crippen molar-refractivity contribution in [3.8, 4) is 0 Å². The van der Waals surface area contributed by atoms with Crippen LogP contribution < -0.4 is 5.73 Å². The first-order chi connectivity index (χ1) is 11.6. The zero-order valence-corrected chi connectivity index (χ0v) is 14.6. The van der Waals surface area contributed by atoms with Gasteiger partial charge in [-0.3, -0.25) is 4.79 Å². The number of aryl methyl sites for hydroxylation is 1. The molecule has 3 fully saturated rings. The lowest BCUT2D eigenvalue weighted by Gasteiger charge is -2.37. The number of likely N-dealkylation sites (tertiary alicyclic amines) is 1. The van der Waals surface area contributed by atoms with Crippen molar-refractivity contribution in [1.82, 2.24) is 4.90 Å². The van der Waals surface area contributed by atoms with Gasteiger partial charge < -0.3 is 15.4 Å². The Morgan fingerprint density at radius 2 is 1.96 bits per heavy atom. The molecular weight excluding hydrogens is 300 g/mol. The average molecular weight is 328 g/mol. The van der Waals surface area contributed by atoms with E-state index in [1.807, 2.05) is 0 Å². The molecule has 4 heteroatoms. The summed E-state index contributed by atoms with van der Waals surface area (Å²) in [5.74, 6) is 0.747. The molecule has 2 N–H and O–H groups in total. The van der Waals surface area contributed by atoms with Crippen molar-refractivity contribution in [3.05, 3.63) is 35.4 Å². The maximum Gasteiger partial charge on any atom is 0.233 e. The van der Waals surface area contributed by atoms with Gasteiger partial charge in [-0.15, -0.1) is 0 Å². The summed E-state index contributed by atoms with van der Waals surface area (Å²) in [7, 11) is 0. The maximum absolute atomic E-state index is 13.4. The number of ether oxygens (including phenoxy) is 1. The lowest BCUT2D eigenvalue weighted by atomic mass is 9.72. The van der Waals surface area contributed by atoms with Gasteiger partial charge in [-0.05, 0) is 61.6 Å². The second kappa shape index (κ2) is 5.85. The van der Waals surface area contributed by atoms with Crippen LogP contribution in [0, 0.1) is 18.3 Å². The fourth-order valence-electron chi connectivity index (χ4n) is 4.99. The van der Waals surface area contributed by atoms with Crippen LogP contribution in [0.15, 0.2) is 24.3 Å². The first kappa shape index (κ1) is 16.1. The second-order valence-electron chi connectivity index (χ2n) is 7.99. The van der Waals surface area contributed by atoms with E-state index in [4.69, 9.17) is 10.5 Å². The van der Waals surface area contributed by atoms with E-state index >= 15 is 0 Å². The van der Waals surface area contributed by atoms with Crippen LogP contribution in [0.2, 0.25) is 0 Å². The van der Waals surface area contributed by atoms with Crippen molar-refractivity contribution < 1.29 is 9.53 Å². The van der Waals surface area contributed by atoms with Gasteiger partial charge in [-0.1, -0.05) is 24.3 Å². The van der Waals surface area contributed by atoms with Gasteiger partial charge in [-0.25, -0.2) is 0 Å². The van der Waals surface area contributed by atoms with E-state index in [1.54, 1.807) is 0 Å². The predicted octanol–water partition coefficient (Wildman–Crippen LogP) is 2.24. The number of hydrogen-bond acceptors (Lipinski definition) is 3. The predicted molar refractivity (Wildman–Crippen MR) is 93.7 cm³/mol. The maximum atomic E-state index is 13.4. The molecule has 0 radical (unpaired) electrons. The molecule has 130 valence electrons. The molecule has 1 aromatic rings. The Hall–Kier alpha value is -1.39. The largest absolute Gasteiger partial charge is 0.381 e. The summed E-state index contributed by atoms with van der Waals surface area (Å²) in [5.41, 5.74) is 8.47. The van der Waals surface area contributed by atoms with E-state index in [1.165, 1.54) is 11.1 Å². The molecule has 4 nitrogen and oxygen atoms in total. The van der Waals surface area contributed by atoms with Crippen molar-refractivity contribution in [2.24, 2.45) is 17.1 Å². The Bertz CT molecular complexity index is 632. The van der Waals surface area contributed by atoms with Crippen molar-refractivity contribution in [3.63, 3.8) is 0 Å². The molecule has 2 heterocycles. The summed E-state index contributed by atoms with van der Waals surface area (Å²) in [6.45, 7) is 6.09. The summed E-state index contributed by atoms with van der Waals surface area (Å²) in [4.78, 5) is 15.6. The fraction of sp³-hybridized carbons (Fsp3) is 0.650. The lowest BCUT2D eigenvalue weighted by Crippen LogP contribution is -2.41. The van der Waals surface area contributed by atoms with Crippen LogP contribution in [-0.4, -0.2) is 43.7 Å². The third kappa shape index (κ3) is 2.39. The van der Waals surface area contributed by atoms with Gasteiger partial charge >= 0.3 is 0 Å². The molecule has 2 aliphatic heterocycles. The molecule has 1 atom stereocenters. The summed E-state index contributed by atoms with van der Waals surface area (Å²) in [6.07, 6.45) is 4.04. The Kier molecular flexibility index (Phi) is 3.92. The van der Waals surface area contributed by atoms with E-state index in [-0.39, 0.29) is 10.8 Å². The number of nitrogens with zero attached hydrogens (tertiary/aromatic N) is 1. The lowest BCUT2D eigenvalue weighted by molar-refractivity contribution is -0.133. The molecule has 0 bridgehead atoms. The highest BCUT2D eigenvalue weighted by atomic mass is 16.5. The Morgan fingerprint density at radius 1 is 1.25 bits per heavy atom.